The number of nitro groups is 1. The molecule has 0 saturated heterocycles. The molecule has 4 aromatic rings. The molecular weight excluding hydrogens is 405 g/mol. The fourth-order valence-electron chi connectivity index (χ4n) is 3.80. The third-order valence-corrected chi connectivity index (χ3v) is 5.13. The van der Waals surface area contributed by atoms with Crippen molar-refractivity contribution >= 4 is 28.4 Å². The van der Waals surface area contributed by atoms with Crippen molar-refractivity contribution in [1.29, 1.82) is 0 Å². The molecule has 3 heterocycles. The number of nitrogens with zero attached hydrogens (tertiary/aromatic N) is 3. The van der Waals surface area contributed by atoms with Crippen LogP contribution in [0.5, 0.6) is 0 Å². The van der Waals surface area contributed by atoms with E-state index in [9.17, 15) is 24.1 Å². The number of nitro benzene ring substituents is 1. The van der Waals surface area contributed by atoms with E-state index in [1.165, 1.54) is 35.4 Å². The van der Waals surface area contributed by atoms with Crippen LogP contribution in [0, 0.1) is 15.9 Å². The Labute approximate surface area is 173 Å². The summed E-state index contributed by atoms with van der Waals surface area (Å²) in [5, 5.41) is 11.3. The first-order valence-electron chi connectivity index (χ1n) is 9.21. The minimum Gasteiger partial charge on any atom is -0.450 e. The minimum absolute atomic E-state index is 0.0192. The van der Waals surface area contributed by atoms with E-state index in [1.807, 2.05) is 0 Å². The fraction of sp³-hybridized carbons (Fsp3) is 0.0455. The van der Waals surface area contributed by atoms with Gasteiger partial charge in [-0.25, -0.2) is 9.37 Å². The summed E-state index contributed by atoms with van der Waals surface area (Å²) in [6.45, 7) is 0. The van der Waals surface area contributed by atoms with Gasteiger partial charge in [-0.1, -0.05) is 18.2 Å². The highest BCUT2D eigenvalue weighted by Gasteiger charge is 2.44. The predicted octanol–water partition coefficient (Wildman–Crippen LogP) is 3.99. The zero-order valence-corrected chi connectivity index (χ0v) is 15.7. The quantitative estimate of drug-likeness (QED) is 0.369. The molecule has 0 spiro atoms. The van der Waals surface area contributed by atoms with Gasteiger partial charge in [-0.05, 0) is 35.9 Å². The average Bonchev–Trinajstić information content (AvgIpc) is 3.07. The van der Waals surface area contributed by atoms with Crippen LogP contribution >= 0.6 is 0 Å². The lowest BCUT2D eigenvalue weighted by atomic mass is 9.98. The Hall–Kier alpha value is -4.40. The predicted molar refractivity (Wildman–Crippen MR) is 108 cm³/mol. The van der Waals surface area contributed by atoms with Crippen molar-refractivity contribution < 1.29 is 18.5 Å². The normalized spacial score (nSPS) is 15.3. The van der Waals surface area contributed by atoms with Crippen molar-refractivity contribution in [2.45, 2.75) is 6.04 Å². The molecule has 2 aromatic heterocycles. The Kier molecular flexibility index (Phi) is 4.11. The van der Waals surface area contributed by atoms with E-state index in [2.05, 4.69) is 4.98 Å². The van der Waals surface area contributed by atoms with Gasteiger partial charge in [0.25, 0.3) is 11.6 Å². The van der Waals surface area contributed by atoms with Gasteiger partial charge in [-0.3, -0.25) is 24.6 Å². The van der Waals surface area contributed by atoms with Gasteiger partial charge in [0.1, 0.15) is 17.2 Å². The van der Waals surface area contributed by atoms with Gasteiger partial charge in [-0.2, -0.15) is 0 Å². The number of anilines is 1. The number of amides is 1. The molecule has 0 unspecified atom stereocenters. The van der Waals surface area contributed by atoms with Crippen LogP contribution in [0.2, 0.25) is 0 Å². The minimum atomic E-state index is -1.03. The van der Waals surface area contributed by atoms with Crippen LogP contribution in [-0.4, -0.2) is 15.8 Å². The lowest BCUT2D eigenvalue weighted by molar-refractivity contribution is -0.384. The van der Waals surface area contributed by atoms with Crippen molar-refractivity contribution in [1.82, 2.24) is 4.98 Å². The molecular formula is C22H12FN3O5. The molecule has 0 saturated carbocycles. The summed E-state index contributed by atoms with van der Waals surface area (Å²) in [6, 6.07) is 13.0. The largest absolute Gasteiger partial charge is 0.450 e. The van der Waals surface area contributed by atoms with Crippen LogP contribution in [-0.2, 0) is 0 Å². The van der Waals surface area contributed by atoms with Crippen LogP contribution in [0.1, 0.15) is 27.7 Å². The smallest absolute Gasteiger partial charge is 0.296 e. The summed E-state index contributed by atoms with van der Waals surface area (Å²) in [6.07, 6.45) is 1.48. The Morgan fingerprint density at radius 3 is 2.65 bits per heavy atom. The second kappa shape index (κ2) is 6.84. The maximum Gasteiger partial charge on any atom is 0.296 e. The van der Waals surface area contributed by atoms with E-state index in [0.717, 1.165) is 12.1 Å². The van der Waals surface area contributed by atoms with E-state index in [-0.39, 0.29) is 33.8 Å². The van der Waals surface area contributed by atoms with Crippen LogP contribution in [0.3, 0.4) is 0 Å². The van der Waals surface area contributed by atoms with Crippen molar-refractivity contribution in [3.8, 4) is 0 Å². The lowest BCUT2D eigenvalue weighted by Crippen LogP contribution is -2.30. The molecule has 31 heavy (non-hydrogen) atoms. The van der Waals surface area contributed by atoms with Gasteiger partial charge in [0, 0.05) is 18.3 Å². The SMILES string of the molecule is O=C1c2oc3ccc(F)cc3c(=O)c2[C@@H](c2cccc([N+](=O)[O-])c2)N1c1ccccn1. The molecule has 8 nitrogen and oxygen atoms in total. The summed E-state index contributed by atoms with van der Waals surface area (Å²) in [7, 11) is 0. The molecule has 0 N–H and O–H groups in total. The lowest BCUT2D eigenvalue weighted by Gasteiger charge is -2.23. The third-order valence-electron chi connectivity index (χ3n) is 5.13. The molecule has 2 aromatic carbocycles. The maximum atomic E-state index is 13.8. The first-order chi connectivity index (χ1) is 15.0. The summed E-state index contributed by atoms with van der Waals surface area (Å²) >= 11 is 0. The van der Waals surface area contributed by atoms with Gasteiger partial charge < -0.3 is 4.42 Å². The molecule has 0 fully saturated rings. The number of rotatable bonds is 3. The van der Waals surface area contributed by atoms with Crippen molar-refractivity contribution in [3.05, 3.63) is 110 Å². The number of carbonyl (C=O) groups is 1. The Morgan fingerprint density at radius 2 is 1.90 bits per heavy atom. The highest BCUT2D eigenvalue weighted by atomic mass is 19.1. The number of benzene rings is 2. The number of carbonyl (C=O) groups excluding carboxylic acids is 1. The zero-order valence-electron chi connectivity index (χ0n) is 15.7. The molecule has 0 aliphatic carbocycles. The number of halogens is 1. The summed E-state index contributed by atoms with van der Waals surface area (Å²) in [5.41, 5.74) is -0.405. The maximum absolute atomic E-state index is 13.8. The molecule has 5 rings (SSSR count). The molecule has 9 heteroatoms. The third kappa shape index (κ3) is 2.86. The Balaban J connectivity index is 1.83. The average molecular weight is 417 g/mol. The number of non-ortho nitro benzene ring substituents is 1. The van der Waals surface area contributed by atoms with Gasteiger partial charge in [0.05, 0.1) is 21.9 Å². The van der Waals surface area contributed by atoms with Crippen LogP contribution < -0.4 is 10.3 Å². The van der Waals surface area contributed by atoms with E-state index in [4.69, 9.17) is 4.42 Å². The van der Waals surface area contributed by atoms with Gasteiger partial charge >= 0.3 is 0 Å². The summed E-state index contributed by atoms with van der Waals surface area (Å²) < 4.78 is 19.5. The highest BCUT2D eigenvalue weighted by molar-refractivity contribution is 6.10. The van der Waals surface area contributed by atoms with E-state index >= 15 is 0 Å². The summed E-state index contributed by atoms with van der Waals surface area (Å²) in [4.78, 5) is 42.8. The second-order valence-corrected chi connectivity index (χ2v) is 6.93. The number of fused-ring (bicyclic) bond motifs is 2. The highest BCUT2D eigenvalue weighted by Crippen LogP contribution is 2.41. The fourth-order valence-corrected chi connectivity index (χ4v) is 3.80. The Morgan fingerprint density at radius 1 is 1.06 bits per heavy atom. The topological polar surface area (TPSA) is 107 Å². The second-order valence-electron chi connectivity index (χ2n) is 6.93. The van der Waals surface area contributed by atoms with E-state index < -0.39 is 28.1 Å². The molecule has 1 amide bonds. The molecule has 0 radical (unpaired) electrons. The van der Waals surface area contributed by atoms with Crippen LogP contribution in [0.25, 0.3) is 11.0 Å². The Bertz CT molecular complexity index is 1430. The van der Waals surface area contributed by atoms with Crippen molar-refractivity contribution in [3.63, 3.8) is 0 Å². The molecule has 0 bridgehead atoms. The molecule has 1 aliphatic rings. The number of hydrogen-bond acceptors (Lipinski definition) is 6. The molecule has 1 aliphatic heterocycles. The summed E-state index contributed by atoms with van der Waals surface area (Å²) in [5.74, 6) is -1.21. The monoisotopic (exact) mass is 417 g/mol. The van der Waals surface area contributed by atoms with Crippen LogP contribution in [0.4, 0.5) is 15.9 Å². The number of aromatic nitrogens is 1. The first kappa shape index (κ1) is 18.6. The molecule has 152 valence electrons. The standard InChI is InChI=1S/C22H12FN3O5/c23-13-7-8-16-15(11-13)20(27)18-19(12-4-3-5-14(10-12)26(29)30)25(22(28)21(18)31-16)17-6-1-2-9-24-17/h1-11,19H/t19-/m1/s1. The first-order valence-corrected chi connectivity index (χ1v) is 9.21. The zero-order chi connectivity index (χ0) is 21.7. The van der Waals surface area contributed by atoms with Gasteiger partial charge in [0.15, 0.2) is 5.43 Å². The van der Waals surface area contributed by atoms with Crippen LogP contribution in [0.15, 0.2) is 76.1 Å². The van der Waals surface area contributed by atoms with Gasteiger partial charge in [0.2, 0.25) is 5.76 Å². The van der Waals surface area contributed by atoms with Crippen molar-refractivity contribution in [2.75, 3.05) is 4.90 Å². The molecule has 1 atom stereocenters. The number of pyridine rings is 1. The van der Waals surface area contributed by atoms with Crippen molar-refractivity contribution in [2.24, 2.45) is 0 Å². The number of hydrogen-bond donors (Lipinski definition) is 0. The van der Waals surface area contributed by atoms with E-state index in [1.54, 1.807) is 24.3 Å². The van der Waals surface area contributed by atoms with E-state index in [0.29, 0.717) is 5.56 Å². The van der Waals surface area contributed by atoms with Gasteiger partial charge in [-0.15, -0.1) is 0 Å².